The van der Waals surface area contributed by atoms with E-state index in [2.05, 4.69) is 6.58 Å². The molecule has 0 N–H and O–H groups in total. The maximum atomic E-state index is 11.1. The minimum absolute atomic E-state index is 0.0734. The van der Waals surface area contributed by atoms with Crippen LogP contribution in [0, 0.1) is 0 Å². The van der Waals surface area contributed by atoms with E-state index in [-0.39, 0.29) is 11.6 Å². The van der Waals surface area contributed by atoms with Gasteiger partial charge in [0.05, 0.1) is 0 Å². The number of hydrogen-bond donors (Lipinski definition) is 0. The molecule has 0 rings (SSSR count). The number of rotatable bonds is 7. The molecule has 0 atom stereocenters. The maximum absolute atomic E-state index is 11.1. The topological polar surface area (TPSA) is 34.1 Å². The van der Waals surface area contributed by atoms with Crippen molar-refractivity contribution in [2.75, 3.05) is 0 Å². The van der Waals surface area contributed by atoms with Crippen LogP contribution in [-0.4, -0.2) is 11.6 Å². The van der Waals surface area contributed by atoms with Crippen LogP contribution in [0.2, 0.25) is 0 Å². The smallest absolute Gasteiger partial charge is 0.158 e. The molecule has 0 unspecified atom stereocenters. The van der Waals surface area contributed by atoms with Crippen molar-refractivity contribution in [2.24, 2.45) is 0 Å². The molecular formula is C11H18O2. The van der Waals surface area contributed by atoms with Gasteiger partial charge in [0.15, 0.2) is 5.78 Å². The maximum Gasteiger partial charge on any atom is 0.158 e. The summed E-state index contributed by atoms with van der Waals surface area (Å²) in [7, 11) is 0. The van der Waals surface area contributed by atoms with E-state index in [4.69, 9.17) is 0 Å². The molecule has 0 radical (unpaired) electrons. The van der Waals surface area contributed by atoms with Crippen molar-refractivity contribution >= 4 is 11.6 Å². The quantitative estimate of drug-likeness (QED) is 0.567. The highest BCUT2D eigenvalue weighted by molar-refractivity contribution is 5.94. The van der Waals surface area contributed by atoms with Gasteiger partial charge in [-0.05, 0) is 25.3 Å². The Kier molecular flexibility index (Phi) is 6.11. The fourth-order valence-electron chi connectivity index (χ4n) is 1.06. The minimum Gasteiger partial charge on any atom is -0.300 e. The number of ketones is 2. The van der Waals surface area contributed by atoms with Gasteiger partial charge in [-0.1, -0.05) is 13.5 Å². The van der Waals surface area contributed by atoms with Crippen molar-refractivity contribution in [3.63, 3.8) is 0 Å². The van der Waals surface area contributed by atoms with Crippen molar-refractivity contribution in [3.05, 3.63) is 12.2 Å². The molecule has 0 spiro atoms. The lowest BCUT2D eigenvalue weighted by Crippen LogP contribution is -2.01. The van der Waals surface area contributed by atoms with Crippen LogP contribution in [0.1, 0.15) is 46.0 Å². The monoisotopic (exact) mass is 182 g/mol. The third kappa shape index (κ3) is 6.26. The Morgan fingerprint density at radius 2 is 1.77 bits per heavy atom. The van der Waals surface area contributed by atoms with E-state index in [1.54, 1.807) is 6.92 Å². The molecule has 0 saturated heterocycles. The predicted octanol–water partition coefficient (Wildman–Crippen LogP) is 2.67. The minimum atomic E-state index is 0.0734. The van der Waals surface area contributed by atoms with Crippen LogP contribution < -0.4 is 0 Å². The van der Waals surface area contributed by atoms with Gasteiger partial charge in [0.25, 0.3) is 0 Å². The molecule has 74 valence electrons. The van der Waals surface area contributed by atoms with Gasteiger partial charge < -0.3 is 0 Å². The molecule has 0 aromatic rings. The van der Waals surface area contributed by atoms with Crippen molar-refractivity contribution in [1.29, 1.82) is 0 Å². The molecule has 2 nitrogen and oxygen atoms in total. The van der Waals surface area contributed by atoms with E-state index in [9.17, 15) is 9.59 Å². The number of Topliss-reactive ketones (excluding diaryl/α,β-unsaturated/α-hetero) is 2. The summed E-state index contributed by atoms with van der Waals surface area (Å²) in [5, 5.41) is 0. The summed E-state index contributed by atoms with van der Waals surface area (Å²) in [4.78, 5) is 22.1. The lowest BCUT2D eigenvalue weighted by Gasteiger charge is -1.99. The average molecular weight is 182 g/mol. The second kappa shape index (κ2) is 6.58. The molecular weight excluding hydrogens is 164 g/mol. The van der Waals surface area contributed by atoms with Crippen molar-refractivity contribution in [1.82, 2.24) is 0 Å². The summed E-state index contributed by atoms with van der Waals surface area (Å²) in [6.45, 7) is 7.24. The average Bonchev–Trinajstić information content (AvgIpc) is 2.04. The molecule has 0 heterocycles. The van der Waals surface area contributed by atoms with Gasteiger partial charge in [0.1, 0.15) is 5.78 Å². The molecule has 0 aliphatic rings. The summed E-state index contributed by atoms with van der Waals surface area (Å²) in [5.41, 5.74) is 0.586. The summed E-state index contributed by atoms with van der Waals surface area (Å²) >= 11 is 0. The van der Waals surface area contributed by atoms with Crippen molar-refractivity contribution in [2.45, 2.75) is 46.0 Å². The Balaban J connectivity index is 3.50. The van der Waals surface area contributed by atoms with E-state index < -0.39 is 0 Å². The first-order valence-electron chi connectivity index (χ1n) is 4.78. The fourth-order valence-corrected chi connectivity index (χ4v) is 1.06. The molecule has 0 aliphatic heterocycles. The number of carbonyl (C=O) groups is 2. The third-order valence-corrected chi connectivity index (χ3v) is 1.86. The zero-order valence-corrected chi connectivity index (χ0v) is 8.56. The molecule has 0 aromatic heterocycles. The van der Waals surface area contributed by atoms with E-state index in [0.717, 1.165) is 6.42 Å². The van der Waals surface area contributed by atoms with Crippen LogP contribution in [0.5, 0.6) is 0 Å². The number of hydrogen-bond acceptors (Lipinski definition) is 2. The Hall–Kier alpha value is -0.920. The first-order chi connectivity index (χ1) is 6.07. The predicted molar refractivity (Wildman–Crippen MR) is 53.6 cm³/mol. The van der Waals surface area contributed by atoms with Gasteiger partial charge in [-0.25, -0.2) is 0 Å². The molecule has 0 aromatic carbocycles. The van der Waals surface area contributed by atoms with E-state index in [0.29, 0.717) is 31.3 Å². The van der Waals surface area contributed by atoms with Crippen molar-refractivity contribution < 1.29 is 9.59 Å². The van der Waals surface area contributed by atoms with Crippen LogP contribution in [0.4, 0.5) is 0 Å². The molecule has 0 fully saturated rings. The zero-order valence-electron chi connectivity index (χ0n) is 8.56. The Morgan fingerprint density at radius 1 is 1.15 bits per heavy atom. The fraction of sp³-hybridized carbons (Fsp3) is 0.636. The second-order valence-corrected chi connectivity index (χ2v) is 3.35. The first-order valence-corrected chi connectivity index (χ1v) is 4.78. The number of carbonyl (C=O) groups excluding carboxylic acids is 2. The SMILES string of the molecule is C=C(C)C(=O)CCCC(=O)CCC. The van der Waals surface area contributed by atoms with Crippen LogP contribution in [0.3, 0.4) is 0 Å². The van der Waals surface area contributed by atoms with Gasteiger partial charge >= 0.3 is 0 Å². The highest BCUT2D eigenvalue weighted by Crippen LogP contribution is 2.04. The summed E-state index contributed by atoms with van der Waals surface area (Å²) in [6.07, 6.45) is 3.21. The molecule has 13 heavy (non-hydrogen) atoms. The third-order valence-electron chi connectivity index (χ3n) is 1.86. The molecule has 0 bridgehead atoms. The number of allylic oxidation sites excluding steroid dienone is 1. The van der Waals surface area contributed by atoms with Crippen LogP contribution in [0.15, 0.2) is 12.2 Å². The Bertz CT molecular complexity index is 204. The van der Waals surface area contributed by atoms with Gasteiger partial charge in [0.2, 0.25) is 0 Å². The molecule has 0 saturated carbocycles. The summed E-state index contributed by atoms with van der Waals surface area (Å²) in [5.74, 6) is 0.335. The lowest BCUT2D eigenvalue weighted by molar-refractivity contribution is -0.119. The van der Waals surface area contributed by atoms with Gasteiger partial charge in [0, 0.05) is 19.3 Å². The van der Waals surface area contributed by atoms with Crippen LogP contribution in [0.25, 0.3) is 0 Å². The van der Waals surface area contributed by atoms with Crippen molar-refractivity contribution in [3.8, 4) is 0 Å². The normalized spacial score (nSPS) is 9.69. The van der Waals surface area contributed by atoms with E-state index >= 15 is 0 Å². The molecule has 0 aliphatic carbocycles. The van der Waals surface area contributed by atoms with Crippen LogP contribution in [-0.2, 0) is 9.59 Å². The second-order valence-electron chi connectivity index (χ2n) is 3.35. The molecule has 0 amide bonds. The zero-order chi connectivity index (χ0) is 10.3. The van der Waals surface area contributed by atoms with E-state index in [1.165, 1.54) is 0 Å². The van der Waals surface area contributed by atoms with Crippen LogP contribution >= 0.6 is 0 Å². The van der Waals surface area contributed by atoms with Gasteiger partial charge in [-0.3, -0.25) is 9.59 Å². The Morgan fingerprint density at radius 3 is 2.23 bits per heavy atom. The first kappa shape index (κ1) is 12.1. The lowest BCUT2D eigenvalue weighted by atomic mass is 10.1. The standard InChI is InChI=1S/C11H18O2/c1-4-6-10(12)7-5-8-11(13)9(2)3/h2,4-8H2,1,3H3. The Labute approximate surface area is 80.0 Å². The summed E-state index contributed by atoms with van der Waals surface area (Å²) in [6, 6.07) is 0. The highest BCUT2D eigenvalue weighted by Gasteiger charge is 2.04. The molecule has 2 heteroatoms. The van der Waals surface area contributed by atoms with Gasteiger partial charge in [-0.2, -0.15) is 0 Å². The van der Waals surface area contributed by atoms with E-state index in [1.807, 2.05) is 6.92 Å². The highest BCUT2D eigenvalue weighted by atomic mass is 16.1. The largest absolute Gasteiger partial charge is 0.300 e. The summed E-state index contributed by atoms with van der Waals surface area (Å²) < 4.78 is 0. The van der Waals surface area contributed by atoms with Gasteiger partial charge in [-0.15, -0.1) is 0 Å².